The van der Waals surface area contributed by atoms with Crippen molar-refractivity contribution in [3.8, 4) is 0 Å². The largest absolute Gasteiger partial charge is 0.468 e. The summed E-state index contributed by atoms with van der Waals surface area (Å²) in [6.45, 7) is 8.61. The van der Waals surface area contributed by atoms with Crippen LogP contribution in [-0.4, -0.2) is 61.1 Å². The first-order chi connectivity index (χ1) is 14.9. The summed E-state index contributed by atoms with van der Waals surface area (Å²) in [5.74, 6) is -1.82. The van der Waals surface area contributed by atoms with Crippen LogP contribution in [0.4, 0.5) is 4.79 Å². The topological polar surface area (TPSA) is 114 Å². The fraction of sp³-hybridized carbons (Fsp3) is 0.565. The lowest BCUT2D eigenvalue weighted by molar-refractivity contribution is -0.144. The van der Waals surface area contributed by atoms with Gasteiger partial charge in [-0.3, -0.25) is 14.4 Å². The molecule has 1 aromatic carbocycles. The van der Waals surface area contributed by atoms with Gasteiger partial charge in [0.15, 0.2) is 0 Å². The van der Waals surface area contributed by atoms with Crippen molar-refractivity contribution in [2.45, 2.75) is 58.7 Å². The molecule has 1 rings (SSSR count). The number of nitrogens with one attached hydrogen (secondary N) is 2. The lowest BCUT2D eigenvalue weighted by atomic mass is 9.96. The van der Waals surface area contributed by atoms with Gasteiger partial charge in [-0.25, -0.2) is 4.79 Å². The monoisotopic (exact) mass is 449 g/mol. The Kier molecular flexibility index (Phi) is 10.2. The summed E-state index contributed by atoms with van der Waals surface area (Å²) in [6, 6.07) is 6.80. The highest BCUT2D eigenvalue weighted by atomic mass is 16.6. The van der Waals surface area contributed by atoms with Crippen LogP contribution < -0.4 is 10.6 Å². The lowest BCUT2D eigenvalue weighted by Crippen LogP contribution is -2.54. The Labute approximate surface area is 189 Å². The SMILES string of the molecule is CCC(C)C(NC(=O)OC(C)(C)C)C(=O)N(C)C(C(=O)NCC(=O)OC)c1ccccc1. The second-order valence-corrected chi connectivity index (χ2v) is 8.57. The van der Waals surface area contributed by atoms with E-state index in [1.807, 2.05) is 13.8 Å². The third-order valence-electron chi connectivity index (χ3n) is 4.88. The summed E-state index contributed by atoms with van der Waals surface area (Å²) < 4.78 is 9.88. The van der Waals surface area contributed by atoms with Crippen molar-refractivity contribution >= 4 is 23.9 Å². The predicted molar refractivity (Wildman–Crippen MR) is 120 cm³/mol. The number of rotatable bonds is 9. The molecule has 0 aliphatic carbocycles. The van der Waals surface area contributed by atoms with Crippen LogP contribution >= 0.6 is 0 Å². The zero-order valence-electron chi connectivity index (χ0n) is 19.9. The van der Waals surface area contributed by atoms with Gasteiger partial charge < -0.3 is 25.0 Å². The molecule has 0 radical (unpaired) electrons. The molecule has 9 nitrogen and oxygen atoms in total. The molecular formula is C23H35N3O6. The van der Waals surface area contributed by atoms with E-state index in [9.17, 15) is 19.2 Å². The highest BCUT2D eigenvalue weighted by Gasteiger charge is 2.36. The van der Waals surface area contributed by atoms with Crippen molar-refractivity contribution in [3.05, 3.63) is 35.9 Å². The highest BCUT2D eigenvalue weighted by Crippen LogP contribution is 2.23. The number of carbonyl (C=O) groups excluding carboxylic acids is 4. The second kappa shape index (κ2) is 12.1. The van der Waals surface area contributed by atoms with Gasteiger partial charge in [-0.2, -0.15) is 0 Å². The van der Waals surface area contributed by atoms with Gasteiger partial charge in [0.25, 0.3) is 0 Å². The molecule has 0 aliphatic rings. The quantitative estimate of drug-likeness (QED) is 0.560. The first-order valence-electron chi connectivity index (χ1n) is 10.6. The summed E-state index contributed by atoms with van der Waals surface area (Å²) in [7, 11) is 2.71. The maximum atomic E-state index is 13.4. The molecule has 178 valence electrons. The molecule has 0 saturated heterocycles. The summed E-state index contributed by atoms with van der Waals surface area (Å²) in [4.78, 5) is 51.5. The molecule has 0 aromatic heterocycles. The van der Waals surface area contributed by atoms with E-state index in [1.165, 1.54) is 19.1 Å². The van der Waals surface area contributed by atoms with Crippen molar-refractivity contribution in [2.24, 2.45) is 5.92 Å². The van der Waals surface area contributed by atoms with Crippen LogP contribution in [0.2, 0.25) is 0 Å². The van der Waals surface area contributed by atoms with Crippen LogP contribution in [-0.2, 0) is 23.9 Å². The molecule has 32 heavy (non-hydrogen) atoms. The molecule has 0 spiro atoms. The van der Waals surface area contributed by atoms with Crippen molar-refractivity contribution in [1.82, 2.24) is 15.5 Å². The minimum absolute atomic E-state index is 0.216. The molecule has 0 bridgehead atoms. The number of ether oxygens (including phenoxy) is 2. The van der Waals surface area contributed by atoms with Gasteiger partial charge in [-0.15, -0.1) is 0 Å². The van der Waals surface area contributed by atoms with E-state index < -0.39 is 41.6 Å². The van der Waals surface area contributed by atoms with E-state index in [0.29, 0.717) is 12.0 Å². The van der Waals surface area contributed by atoms with Crippen LogP contribution in [0.1, 0.15) is 52.6 Å². The Morgan fingerprint density at radius 3 is 2.19 bits per heavy atom. The number of hydrogen-bond acceptors (Lipinski definition) is 6. The van der Waals surface area contributed by atoms with Gasteiger partial charge in [-0.05, 0) is 32.3 Å². The number of methoxy groups -OCH3 is 1. The summed E-state index contributed by atoms with van der Waals surface area (Å²) in [5, 5.41) is 5.15. The molecule has 1 aromatic rings. The average molecular weight is 450 g/mol. The van der Waals surface area contributed by atoms with E-state index in [-0.39, 0.29) is 12.5 Å². The number of esters is 1. The van der Waals surface area contributed by atoms with Crippen LogP contribution in [0.25, 0.3) is 0 Å². The molecular weight excluding hydrogens is 414 g/mol. The van der Waals surface area contributed by atoms with E-state index in [4.69, 9.17) is 4.74 Å². The van der Waals surface area contributed by atoms with Crippen LogP contribution in [0.5, 0.6) is 0 Å². The van der Waals surface area contributed by atoms with Crippen LogP contribution in [0, 0.1) is 5.92 Å². The van der Waals surface area contributed by atoms with Crippen molar-refractivity contribution in [3.63, 3.8) is 0 Å². The third-order valence-corrected chi connectivity index (χ3v) is 4.88. The van der Waals surface area contributed by atoms with Gasteiger partial charge in [-0.1, -0.05) is 50.6 Å². The van der Waals surface area contributed by atoms with E-state index >= 15 is 0 Å². The van der Waals surface area contributed by atoms with Gasteiger partial charge in [0.1, 0.15) is 24.2 Å². The van der Waals surface area contributed by atoms with Crippen LogP contribution in [0.15, 0.2) is 30.3 Å². The summed E-state index contributed by atoms with van der Waals surface area (Å²) >= 11 is 0. The fourth-order valence-corrected chi connectivity index (χ4v) is 2.98. The minimum Gasteiger partial charge on any atom is -0.468 e. The molecule has 3 amide bonds. The zero-order chi connectivity index (χ0) is 24.5. The lowest BCUT2D eigenvalue weighted by Gasteiger charge is -2.33. The zero-order valence-corrected chi connectivity index (χ0v) is 19.9. The molecule has 9 heteroatoms. The molecule has 2 N–H and O–H groups in total. The number of benzene rings is 1. The minimum atomic E-state index is -1.01. The predicted octanol–water partition coefficient (Wildman–Crippen LogP) is 2.41. The molecule has 0 aliphatic heterocycles. The first kappa shape index (κ1) is 26.9. The first-order valence-corrected chi connectivity index (χ1v) is 10.6. The van der Waals surface area contributed by atoms with Crippen molar-refractivity contribution in [1.29, 1.82) is 0 Å². The number of alkyl carbamates (subject to hydrolysis) is 1. The molecule has 0 saturated carbocycles. The standard InChI is InChI=1S/C23H35N3O6/c1-8-15(2)18(25-22(30)32-23(3,4)5)21(29)26(6)19(16-12-10-9-11-13-16)20(28)24-14-17(27)31-7/h9-13,15,18-19H,8,14H2,1-7H3,(H,24,28)(H,25,30). The Hall–Kier alpha value is -3.10. The molecule has 3 atom stereocenters. The van der Waals surface area contributed by atoms with E-state index in [2.05, 4.69) is 15.4 Å². The molecule has 3 unspecified atom stereocenters. The van der Waals surface area contributed by atoms with Gasteiger partial charge in [0, 0.05) is 7.05 Å². The summed E-state index contributed by atoms with van der Waals surface area (Å²) in [5.41, 5.74) is -0.162. The number of nitrogens with zero attached hydrogens (tertiary/aromatic N) is 1. The number of hydrogen-bond donors (Lipinski definition) is 2. The van der Waals surface area contributed by atoms with Gasteiger partial charge in [0.2, 0.25) is 11.8 Å². The number of likely N-dealkylation sites (N-methyl/N-ethyl adjacent to an activating group) is 1. The Balaban J connectivity index is 3.19. The fourth-order valence-electron chi connectivity index (χ4n) is 2.98. The maximum Gasteiger partial charge on any atom is 0.408 e. The Bertz CT molecular complexity index is 791. The number of carbonyl (C=O) groups is 4. The Morgan fingerprint density at radius 1 is 1.09 bits per heavy atom. The molecule has 0 heterocycles. The Morgan fingerprint density at radius 2 is 1.69 bits per heavy atom. The molecule has 0 fully saturated rings. The van der Waals surface area contributed by atoms with Gasteiger partial charge >= 0.3 is 12.1 Å². The van der Waals surface area contributed by atoms with Crippen molar-refractivity contribution < 1.29 is 28.7 Å². The van der Waals surface area contributed by atoms with Crippen LogP contribution in [0.3, 0.4) is 0 Å². The third kappa shape index (κ3) is 8.20. The van der Waals surface area contributed by atoms with E-state index in [1.54, 1.807) is 51.1 Å². The highest BCUT2D eigenvalue weighted by molar-refractivity contribution is 5.93. The maximum absolute atomic E-state index is 13.4. The summed E-state index contributed by atoms with van der Waals surface area (Å²) in [6.07, 6.45) is -0.0964. The van der Waals surface area contributed by atoms with E-state index in [0.717, 1.165) is 0 Å². The number of amides is 3. The normalized spacial score (nSPS) is 13.8. The average Bonchev–Trinajstić information content (AvgIpc) is 2.74. The van der Waals surface area contributed by atoms with Gasteiger partial charge in [0.05, 0.1) is 7.11 Å². The second-order valence-electron chi connectivity index (χ2n) is 8.57. The smallest absolute Gasteiger partial charge is 0.408 e. The van der Waals surface area contributed by atoms with Crippen molar-refractivity contribution in [2.75, 3.05) is 20.7 Å².